The first kappa shape index (κ1) is 23.6. The van der Waals surface area contributed by atoms with Gasteiger partial charge in [0.05, 0.1) is 16.3 Å². The molecule has 0 atom stereocenters. The molecule has 0 saturated carbocycles. The van der Waals surface area contributed by atoms with Gasteiger partial charge in [0.25, 0.3) is 5.91 Å². The van der Waals surface area contributed by atoms with Crippen LogP contribution in [0.25, 0.3) is 0 Å². The minimum absolute atomic E-state index is 0.0926. The van der Waals surface area contributed by atoms with Crippen LogP contribution in [0.3, 0.4) is 0 Å². The average molecular weight is 446 g/mol. The molecule has 0 aromatic heterocycles. The predicted molar refractivity (Wildman–Crippen MR) is 127 cm³/mol. The number of benzene rings is 2. The molecular weight excluding hydrogens is 413 g/mol. The molecule has 1 heterocycles. The first-order valence-electron chi connectivity index (χ1n) is 11.4. The highest BCUT2D eigenvalue weighted by molar-refractivity contribution is 6.33. The Kier molecular flexibility index (Phi) is 9.16. The summed E-state index contributed by atoms with van der Waals surface area (Å²) in [7, 11) is 0. The van der Waals surface area contributed by atoms with Crippen molar-refractivity contribution in [2.75, 3.05) is 25.0 Å². The van der Waals surface area contributed by atoms with Gasteiger partial charge in [-0.25, -0.2) is 4.39 Å². The van der Waals surface area contributed by atoms with Crippen LogP contribution in [-0.2, 0) is 19.4 Å². The zero-order valence-corrected chi connectivity index (χ0v) is 19.1. The summed E-state index contributed by atoms with van der Waals surface area (Å²) in [5.74, 6) is -0.846. The van der Waals surface area contributed by atoms with Crippen molar-refractivity contribution in [3.63, 3.8) is 0 Å². The minimum atomic E-state index is -0.495. The lowest BCUT2D eigenvalue weighted by atomic mass is 10.0. The summed E-state index contributed by atoms with van der Waals surface area (Å²) < 4.78 is 14.6. The van der Waals surface area contributed by atoms with E-state index in [1.54, 1.807) is 12.1 Å². The Morgan fingerprint density at radius 1 is 1.10 bits per heavy atom. The quantitative estimate of drug-likeness (QED) is 0.424. The molecule has 2 aromatic rings. The van der Waals surface area contributed by atoms with E-state index in [-0.39, 0.29) is 11.5 Å². The number of amides is 1. The average Bonchev–Trinajstić information content (AvgIpc) is 3.01. The van der Waals surface area contributed by atoms with Crippen molar-refractivity contribution in [2.24, 2.45) is 0 Å². The molecule has 4 nitrogen and oxygen atoms in total. The molecule has 3 N–H and O–H groups in total. The summed E-state index contributed by atoms with van der Waals surface area (Å²) in [4.78, 5) is 12.3. The molecule has 1 amide bonds. The summed E-state index contributed by atoms with van der Waals surface area (Å²) in [6.07, 6.45) is 7.47. The molecule has 3 rings (SSSR count). The maximum atomic E-state index is 14.6. The molecule has 168 valence electrons. The van der Waals surface area contributed by atoms with Crippen LogP contribution in [-0.4, -0.2) is 25.5 Å². The van der Waals surface area contributed by atoms with Gasteiger partial charge in [0.1, 0.15) is 5.82 Å². The van der Waals surface area contributed by atoms with Gasteiger partial charge in [-0.15, -0.1) is 0 Å². The molecule has 0 unspecified atom stereocenters. The van der Waals surface area contributed by atoms with Gasteiger partial charge in [-0.05, 0) is 67.2 Å². The standard InChI is InChI=1S/C25H33ClFN3O/c1-2-3-4-5-6-13-29-25(31)21-9-7-18(16-23(21)27)17-30-24-20-12-15-28-14-11-19(20)8-10-22(24)26/h7-10,16,28,30H,2-6,11-15,17H2,1H3,(H,29,31). The number of carbonyl (C=O) groups excluding carboxylic acids is 1. The third kappa shape index (κ3) is 6.68. The van der Waals surface area contributed by atoms with Crippen LogP contribution in [0, 0.1) is 5.82 Å². The molecule has 0 bridgehead atoms. The molecule has 0 aliphatic carbocycles. The van der Waals surface area contributed by atoms with E-state index in [0.29, 0.717) is 18.1 Å². The van der Waals surface area contributed by atoms with Gasteiger partial charge in [-0.2, -0.15) is 0 Å². The van der Waals surface area contributed by atoms with E-state index in [0.717, 1.165) is 50.0 Å². The van der Waals surface area contributed by atoms with Crippen molar-refractivity contribution in [2.45, 2.75) is 58.4 Å². The Bertz CT molecular complexity index is 887. The zero-order chi connectivity index (χ0) is 22.1. The second-order valence-corrected chi connectivity index (χ2v) is 8.56. The first-order valence-corrected chi connectivity index (χ1v) is 11.8. The molecule has 2 aromatic carbocycles. The summed E-state index contributed by atoms with van der Waals surface area (Å²) in [5, 5.41) is 10.3. The summed E-state index contributed by atoms with van der Waals surface area (Å²) in [5.41, 5.74) is 4.31. The molecule has 0 radical (unpaired) electrons. The van der Waals surface area contributed by atoms with Crippen molar-refractivity contribution in [3.05, 3.63) is 63.4 Å². The van der Waals surface area contributed by atoms with Gasteiger partial charge in [0.2, 0.25) is 0 Å². The van der Waals surface area contributed by atoms with Crippen LogP contribution in [0.2, 0.25) is 5.02 Å². The van der Waals surface area contributed by atoms with Gasteiger partial charge in [0, 0.05) is 13.1 Å². The number of hydrogen-bond acceptors (Lipinski definition) is 3. The van der Waals surface area contributed by atoms with Gasteiger partial charge in [-0.1, -0.05) is 56.3 Å². The highest BCUT2D eigenvalue weighted by atomic mass is 35.5. The van der Waals surface area contributed by atoms with Crippen molar-refractivity contribution < 1.29 is 9.18 Å². The molecule has 31 heavy (non-hydrogen) atoms. The number of halogens is 2. The van der Waals surface area contributed by atoms with E-state index >= 15 is 0 Å². The van der Waals surface area contributed by atoms with E-state index in [4.69, 9.17) is 11.6 Å². The van der Waals surface area contributed by atoms with Crippen molar-refractivity contribution in [1.82, 2.24) is 10.6 Å². The third-order valence-corrected chi connectivity index (χ3v) is 6.11. The van der Waals surface area contributed by atoms with Gasteiger partial charge in [0.15, 0.2) is 0 Å². The Morgan fingerprint density at radius 2 is 1.90 bits per heavy atom. The zero-order valence-electron chi connectivity index (χ0n) is 18.3. The summed E-state index contributed by atoms with van der Waals surface area (Å²) >= 11 is 6.46. The fourth-order valence-corrected chi connectivity index (χ4v) is 4.25. The van der Waals surface area contributed by atoms with E-state index in [1.807, 2.05) is 6.07 Å². The number of carbonyl (C=O) groups is 1. The minimum Gasteiger partial charge on any atom is -0.380 e. The molecule has 0 saturated heterocycles. The normalized spacial score (nSPS) is 13.4. The topological polar surface area (TPSA) is 53.2 Å². The van der Waals surface area contributed by atoms with Gasteiger partial charge in [-0.3, -0.25) is 4.79 Å². The van der Waals surface area contributed by atoms with Crippen LogP contribution in [0.1, 0.15) is 66.1 Å². The highest BCUT2D eigenvalue weighted by Crippen LogP contribution is 2.31. The number of hydrogen-bond donors (Lipinski definition) is 3. The van der Waals surface area contributed by atoms with E-state index in [1.165, 1.54) is 36.5 Å². The first-order chi connectivity index (χ1) is 15.1. The van der Waals surface area contributed by atoms with Gasteiger partial charge < -0.3 is 16.0 Å². The highest BCUT2D eigenvalue weighted by Gasteiger charge is 2.16. The second-order valence-electron chi connectivity index (χ2n) is 8.15. The summed E-state index contributed by atoms with van der Waals surface area (Å²) in [6, 6.07) is 8.80. The van der Waals surface area contributed by atoms with Crippen molar-refractivity contribution >= 4 is 23.2 Å². The van der Waals surface area contributed by atoms with E-state index in [2.05, 4.69) is 28.9 Å². The Balaban J connectivity index is 1.58. The maximum Gasteiger partial charge on any atom is 0.254 e. The molecule has 0 fully saturated rings. The lowest BCUT2D eigenvalue weighted by molar-refractivity contribution is 0.0949. The Morgan fingerprint density at radius 3 is 2.71 bits per heavy atom. The number of anilines is 1. The van der Waals surface area contributed by atoms with Crippen LogP contribution < -0.4 is 16.0 Å². The Labute approximate surface area is 190 Å². The SMILES string of the molecule is CCCCCCCNC(=O)c1ccc(CNc2c(Cl)ccc3c2CCNCC3)cc1F. The fourth-order valence-electron chi connectivity index (χ4n) is 4.00. The van der Waals surface area contributed by atoms with Crippen molar-refractivity contribution in [3.8, 4) is 0 Å². The smallest absolute Gasteiger partial charge is 0.254 e. The molecule has 1 aliphatic rings. The van der Waals surface area contributed by atoms with Crippen molar-refractivity contribution in [1.29, 1.82) is 0 Å². The lowest BCUT2D eigenvalue weighted by Crippen LogP contribution is -2.25. The molecule has 0 spiro atoms. The number of nitrogens with one attached hydrogen (secondary N) is 3. The molecule has 6 heteroatoms. The maximum absolute atomic E-state index is 14.6. The van der Waals surface area contributed by atoms with Crippen LogP contribution >= 0.6 is 11.6 Å². The van der Waals surface area contributed by atoms with Crippen LogP contribution in [0.4, 0.5) is 10.1 Å². The Hall–Kier alpha value is -2.11. The lowest BCUT2D eigenvalue weighted by Gasteiger charge is -2.16. The fraction of sp³-hybridized carbons (Fsp3) is 0.480. The molecular formula is C25H33ClFN3O. The number of unbranched alkanes of at least 4 members (excludes halogenated alkanes) is 4. The number of fused-ring (bicyclic) bond motifs is 1. The van der Waals surface area contributed by atoms with Gasteiger partial charge >= 0.3 is 0 Å². The van der Waals surface area contributed by atoms with E-state index in [9.17, 15) is 9.18 Å². The summed E-state index contributed by atoms with van der Waals surface area (Å²) in [6.45, 7) is 5.07. The van der Waals surface area contributed by atoms with Crippen LogP contribution in [0.5, 0.6) is 0 Å². The second kappa shape index (κ2) is 12.1. The monoisotopic (exact) mass is 445 g/mol. The third-order valence-electron chi connectivity index (χ3n) is 5.80. The van der Waals surface area contributed by atoms with E-state index < -0.39 is 5.82 Å². The largest absolute Gasteiger partial charge is 0.380 e. The molecule has 1 aliphatic heterocycles. The number of rotatable bonds is 10. The predicted octanol–water partition coefficient (Wildman–Crippen LogP) is 5.48. The van der Waals surface area contributed by atoms with Crippen LogP contribution in [0.15, 0.2) is 30.3 Å².